The van der Waals surface area contributed by atoms with Crippen LogP contribution in [0.3, 0.4) is 0 Å². The molecule has 0 saturated carbocycles. The summed E-state index contributed by atoms with van der Waals surface area (Å²) in [6.45, 7) is 2.07. The zero-order valence-corrected chi connectivity index (χ0v) is 7.66. The van der Waals surface area contributed by atoms with E-state index >= 15 is 0 Å². The second-order valence-corrected chi connectivity index (χ2v) is 2.98. The molecule has 1 atom stereocenters. The SMILES string of the molecule is CCc1ccc([C@H](N)C(N)=O)cc1. The summed E-state index contributed by atoms with van der Waals surface area (Å²) in [5.41, 5.74) is 12.6. The molecule has 4 N–H and O–H groups in total. The maximum absolute atomic E-state index is 10.8. The van der Waals surface area contributed by atoms with Gasteiger partial charge in [0.15, 0.2) is 0 Å². The Bertz CT molecular complexity index is 292. The van der Waals surface area contributed by atoms with Gasteiger partial charge in [-0.2, -0.15) is 0 Å². The molecule has 0 heterocycles. The molecule has 0 aromatic heterocycles. The Labute approximate surface area is 77.7 Å². The topological polar surface area (TPSA) is 69.1 Å². The quantitative estimate of drug-likeness (QED) is 0.716. The number of amides is 1. The van der Waals surface area contributed by atoms with E-state index in [4.69, 9.17) is 11.5 Å². The molecule has 0 radical (unpaired) electrons. The Morgan fingerprint density at radius 1 is 1.38 bits per heavy atom. The Hall–Kier alpha value is -1.35. The van der Waals surface area contributed by atoms with Crippen LogP contribution in [-0.4, -0.2) is 5.91 Å². The first kappa shape index (κ1) is 9.74. The van der Waals surface area contributed by atoms with Crippen molar-refractivity contribution >= 4 is 5.91 Å². The van der Waals surface area contributed by atoms with Crippen LogP contribution in [0.2, 0.25) is 0 Å². The first-order valence-corrected chi connectivity index (χ1v) is 4.29. The van der Waals surface area contributed by atoms with Crippen LogP contribution < -0.4 is 11.5 Å². The van der Waals surface area contributed by atoms with Crippen molar-refractivity contribution in [3.8, 4) is 0 Å². The second-order valence-electron chi connectivity index (χ2n) is 2.98. The van der Waals surface area contributed by atoms with E-state index in [1.54, 1.807) is 0 Å². The molecule has 1 amide bonds. The predicted octanol–water partition coefficient (Wildman–Crippen LogP) is 0.734. The molecule has 0 unspecified atom stereocenters. The lowest BCUT2D eigenvalue weighted by molar-refractivity contribution is -0.119. The van der Waals surface area contributed by atoms with E-state index in [9.17, 15) is 4.79 Å². The molecule has 0 bridgehead atoms. The number of nitrogens with two attached hydrogens (primary N) is 2. The Morgan fingerprint density at radius 3 is 2.31 bits per heavy atom. The molecule has 0 aliphatic rings. The van der Waals surface area contributed by atoms with Gasteiger partial charge in [-0.25, -0.2) is 0 Å². The molecule has 1 rings (SSSR count). The molecular weight excluding hydrogens is 164 g/mol. The third-order valence-electron chi connectivity index (χ3n) is 2.05. The minimum absolute atomic E-state index is 0.496. The third kappa shape index (κ3) is 2.29. The Morgan fingerprint density at radius 2 is 1.92 bits per heavy atom. The number of hydrogen-bond acceptors (Lipinski definition) is 2. The van der Waals surface area contributed by atoms with Gasteiger partial charge in [0, 0.05) is 0 Å². The summed E-state index contributed by atoms with van der Waals surface area (Å²) < 4.78 is 0. The highest BCUT2D eigenvalue weighted by atomic mass is 16.1. The number of hydrogen-bond donors (Lipinski definition) is 2. The van der Waals surface area contributed by atoms with Crippen molar-refractivity contribution < 1.29 is 4.79 Å². The van der Waals surface area contributed by atoms with Gasteiger partial charge in [0.1, 0.15) is 6.04 Å². The Balaban J connectivity index is 2.85. The summed E-state index contributed by atoms with van der Waals surface area (Å²) in [5.74, 6) is -0.496. The van der Waals surface area contributed by atoms with Gasteiger partial charge in [-0.05, 0) is 17.5 Å². The average Bonchev–Trinajstić information content (AvgIpc) is 2.17. The van der Waals surface area contributed by atoms with Crippen LogP contribution in [0.4, 0.5) is 0 Å². The van der Waals surface area contributed by atoms with Crippen molar-refractivity contribution in [2.45, 2.75) is 19.4 Å². The van der Waals surface area contributed by atoms with Gasteiger partial charge < -0.3 is 11.5 Å². The number of primary amides is 1. The van der Waals surface area contributed by atoms with E-state index < -0.39 is 11.9 Å². The smallest absolute Gasteiger partial charge is 0.238 e. The molecule has 70 valence electrons. The van der Waals surface area contributed by atoms with Crippen molar-refractivity contribution in [3.63, 3.8) is 0 Å². The highest BCUT2D eigenvalue weighted by Gasteiger charge is 2.10. The fourth-order valence-electron chi connectivity index (χ4n) is 1.12. The van der Waals surface area contributed by atoms with Gasteiger partial charge in [0.05, 0.1) is 0 Å². The van der Waals surface area contributed by atoms with E-state index in [0.29, 0.717) is 0 Å². The lowest BCUT2D eigenvalue weighted by Crippen LogP contribution is -2.28. The van der Waals surface area contributed by atoms with Gasteiger partial charge in [-0.3, -0.25) is 4.79 Å². The summed E-state index contributed by atoms with van der Waals surface area (Å²) in [5, 5.41) is 0. The zero-order chi connectivity index (χ0) is 9.84. The van der Waals surface area contributed by atoms with E-state index in [2.05, 4.69) is 6.92 Å². The summed E-state index contributed by atoms with van der Waals surface area (Å²) in [4.78, 5) is 10.8. The van der Waals surface area contributed by atoms with Crippen molar-refractivity contribution in [1.82, 2.24) is 0 Å². The van der Waals surface area contributed by atoms with Crippen molar-refractivity contribution in [3.05, 3.63) is 35.4 Å². The van der Waals surface area contributed by atoms with Crippen LogP contribution in [0, 0.1) is 0 Å². The molecule has 0 spiro atoms. The van der Waals surface area contributed by atoms with Crippen LogP contribution in [0.5, 0.6) is 0 Å². The summed E-state index contributed by atoms with van der Waals surface area (Å²) in [6, 6.07) is 6.91. The minimum atomic E-state index is -0.689. The largest absolute Gasteiger partial charge is 0.368 e. The predicted molar refractivity (Wildman–Crippen MR) is 51.9 cm³/mol. The first-order valence-electron chi connectivity index (χ1n) is 4.29. The summed E-state index contributed by atoms with van der Waals surface area (Å²) >= 11 is 0. The summed E-state index contributed by atoms with van der Waals surface area (Å²) in [7, 11) is 0. The average molecular weight is 178 g/mol. The zero-order valence-electron chi connectivity index (χ0n) is 7.66. The van der Waals surface area contributed by atoms with Crippen LogP contribution >= 0.6 is 0 Å². The maximum Gasteiger partial charge on any atom is 0.238 e. The molecule has 13 heavy (non-hydrogen) atoms. The number of rotatable bonds is 3. The number of aryl methyl sites for hydroxylation is 1. The molecule has 1 aromatic rings. The molecule has 1 aromatic carbocycles. The summed E-state index contributed by atoms with van der Waals surface area (Å²) in [6.07, 6.45) is 0.978. The number of carbonyl (C=O) groups is 1. The normalized spacial score (nSPS) is 12.5. The van der Waals surface area contributed by atoms with E-state index in [1.807, 2.05) is 24.3 Å². The van der Waals surface area contributed by atoms with Gasteiger partial charge >= 0.3 is 0 Å². The van der Waals surface area contributed by atoms with Crippen molar-refractivity contribution in [2.24, 2.45) is 11.5 Å². The number of carbonyl (C=O) groups excluding carboxylic acids is 1. The highest BCUT2D eigenvalue weighted by Crippen LogP contribution is 2.11. The molecule has 0 aliphatic heterocycles. The van der Waals surface area contributed by atoms with Gasteiger partial charge in [0.25, 0.3) is 0 Å². The third-order valence-corrected chi connectivity index (χ3v) is 2.05. The minimum Gasteiger partial charge on any atom is -0.368 e. The van der Waals surface area contributed by atoms with E-state index in [0.717, 1.165) is 12.0 Å². The standard InChI is InChI=1S/C10H14N2O/c1-2-7-3-5-8(6-4-7)9(11)10(12)13/h3-6,9H,2,11H2,1H3,(H2,12,13)/t9-/m0/s1. The molecule has 0 aliphatic carbocycles. The fourth-order valence-corrected chi connectivity index (χ4v) is 1.12. The van der Waals surface area contributed by atoms with Crippen LogP contribution in [-0.2, 0) is 11.2 Å². The maximum atomic E-state index is 10.8. The Kier molecular flexibility index (Phi) is 3.03. The van der Waals surface area contributed by atoms with Gasteiger partial charge in [0.2, 0.25) is 5.91 Å². The molecule has 3 nitrogen and oxygen atoms in total. The van der Waals surface area contributed by atoms with Crippen LogP contribution in [0.25, 0.3) is 0 Å². The fraction of sp³-hybridized carbons (Fsp3) is 0.300. The molecular formula is C10H14N2O. The molecule has 0 fully saturated rings. The molecule has 3 heteroatoms. The number of benzene rings is 1. The second kappa shape index (κ2) is 4.05. The molecule has 0 saturated heterocycles. The lowest BCUT2D eigenvalue weighted by atomic mass is 10.0. The lowest BCUT2D eigenvalue weighted by Gasteiger charge is -2.07. The monoisotopic (exact) mass is 178 g/mol. The highest BCUT2D eigenvalue weighted by molar-refractivity contribution is 5.81. The van der Waals surface area contributed by atoms with Gasteiger partial charge in [-0.15, -0.1) is 0 Å². The van der Waals surface area contributed by atoms with E-state index in [1.165, 1.54) is 5.56 Å². The van der Waals surface area contributed by atoms with E-state index in [-0.39, 0.29) is 0 Å². The van der Waals surface area contributed by atoms with Crippen molar-refractivity contribution in [1.29, 1.82) is 0 Å². The first-order chi connectivity index (χ1) is 6.15. The van der Waals surface area contributed by atoms with Gasteiger partial charge in [-0.1, -0.05) is 31.2 Å². The van der Waals surface area contributed by atoms with Crippen molar-refractivity contribution in [2.75, 3.05) is 0 Å². The van der Waals surface area contributed by atoms with Crippen LogP contribution in [0.15, 0.2) is 24.3 Å². The van der Waals surface area contributed by atoms with Crippen LogP contribution in [0.1, 0.15) is 24.1 Å².